The molecule has 1 N–H and O–H groups in total. The summed E-state index contributed by atoms with van der Waals surface area (Å²) in [6.45, 7) is 1.06. The van der Waals surface area contributed by atoms with Gasteiger partial charge in [-0.3, -0.25) is 4.79 Å². The Kier molecular flexibility index (Phi) is 8.32. The van der Waals surface area contributed by atoms with Crippen LogP contribution in [0.1, 0.15) is 37.7 Å². The lowest BCUT2D eigenvalue weighted by Gasteiger charge is -2.28. The van der Waals surface area contributed by atoms with Crippen molar-refractivity contribution in [3.8, 4) is 17.0 Å². The van der Waals surface area contributed by atoms with Crippen LogP contribution in [-0.4, -0.2) is 28.6 Å². The number of aromatic nitrogens is 1. The van der Waals surface area contributed by atoms with E-state index < -0.39 is 5.97 Å². The number of hydrogen-bond donors (Lipinski definition) is 1. The Hall–Kier alpha value is -2.57. The predicted octanol–water partition coefficient (Wildman–Crippen LogP) is 6.03. The molecule has 2 aromatic carbocycles. The van der Waals surface area contributed by atoms with Gasteiger partial charge in [0.1, 0.15) is 12.4 Å². The van der Waals surface area contributed by atoms with Gasteiger partial charge < -0.3 is 14.7 Å². The number of carbonyl (C=O) groups is 1. The number of halogens is 1. The van der Waals surface area contributed by atoms with Gasteiger partial charge >= 0.3 is 5.97 Å². The summed E-state index contributed by atoms with van der Waals surface area (Å²) in [5, 5.41) is 12.1. The van der Waals surface area contributed by atoms with Crippen LogP contribution in [0, 0.1) is 0 Å². The van der Waals surface area contributed by atoms with Crippen LogP contribution in [-0.2, 0) is 11.4 Å². The number of anilines is 1. The molecule has 31 heavy (non-hydrogen) atoms. The Balaban J connectivity index is 0.00000272. The van der Waals surface area contributed by atoms with Crippen molar-refractivity contribution in [2.75, 3.05) is 11.4 Å². The van der Waals surface area contributed by atoms with Crippen molar-refractivity contribution in [1.29, 1.82) is 0 Å². The number of carboxylic acid groups (broad SMARTS) is 1. The molecule has 1 aliphatic carbocycles. The van der Waals surface area contributed by atoms with Crippen molar-refractivity contribution in [2.24, 2.45) is 0 Å². The van der Waals surface area contributed by atoms with E-state index in [2.05, 4.69) is 10.3 Å². The zero-order valence-electron chi connectivity index (χ0n) is 17.3. The summed E-state index contributed by atoms with van der Waals surface area (Å²) >= 11 is 1.59. The highest BCUT2D eigenvalue weighted by Gasteiger charge is 2.25. The van der Waals surface area contributed by atoms with Crippen LogP contribution in [0.15, 0.2) is 60.0 Å². The minimum Gasteiger partial charge on any atom is -0.489 e. The lowest BCUT2D eigenvalue weighted by molar-refractivity contribution is -0.136. The summed E-state index contributed by atoms with van der Waals surface area (Å²) in [4.78, 5) is 18.1. The van der Waals surface area contributed by atoms with Gasteiger partial charge in [-0.2, -0.15) is 0 Å². The maximum Gasteiger partial charge on any atom is 0.305 e. The third-order valence-corrected chi connectivity index (χ3v) is 6.35. The van der Waals surface area contributed by atoms with Crippen LogP contribution in [0.5, 0.6) is 5.75 Å². The molecule has 0 amide bonds. The van der Waals surface area contributed by atoms with Crippen LogP contribution in [0.4, 0.5) is 5.13 Å². The molecule has 4 rings (SSSR count). The predicted molar refractivity (Wildman–Crippen MR) is 127 cm³/mol. The number of thiazole rings is 1. The number of rotatable bonds is 9. The van der Waals surface area contributed by atoms with Crippen molar-refractivity contribution in [3.05, 3.63) is 65.5 Å². The Labute approximate surface area is 193 Å². The standard InChI is InChI=1S/C24H26N2O3S.ClH/c27-23(28)14-15-26(20-8-4-5-9-20)24-25-22(17-30-24)19-10-12-21(13-11-19)29-16-18-6-2-1-3-7-18;/h1-3,6-7,10-13,17,20H,4-5,8-9,14-16H2,(H,27,28);1H. The second-order valence-electron chi connectivity index (χ2n) is 7.59. The van der Waals surface area contributed by atoms with Crippen molar-refractivity contribution >= 4 is 34.8 Å². The Morgan fingerprint density at radius 1 is 1.10 bits per heavy atom. The number of hydrogen-bond acceptors (Lipinski definition) is 5. The fourth-order valence-corrected chi connectivity index (χ4v) is 4.79. The molecule has 0 saturated heterocycles. The molecule has 1 heterocycles. The molecule has 0 aliphatic heterocycles. The van der Waals surface area contributed by atoms with Crippen molar-refractivity contribution in [2.45, 2.75) is 44.8 Å². The van der Waals surface area contributed by atoms with E-state index in [-0.39, 0.29) is 18.8 Å². The molecule has 1 aliphatic rings. The minimum absolute atomic E-state index is 0. The summed E-state index contributed by atoms with van der Waals surface area (Å²) < 4.78 is 5.87. The van der Waals surface area contributed by atoms with Gasteiger partial charge in [-0.05, 0) is 42.7 Å². The topological polar surface area (TPSA) is 62.7 Å². The number of nitrogens with zero attached hydrogens (tertiary/aromatic N) is 2. The first kappa shape index (κ1) is 23.1. The van der Waals surface area contributed by atoms with Crippen LogP contribution >= 0.6 is 23.7 Å². The number of ether oxygens (including phenoxy) is 1. The van der Waals surface area contributed by atoms with Gasteiger partial charge in [-0.15, -0.1) is 23.7 Å². The summed E-state index contributed by atoms with van der Waals surface area (Å²) in [6, 6.07) is 18.5. The van der Waals surface area contributed by atoms with E-state index in [9.17, 15) is 4.79 Å². The van der Waals surface area contributed by atoms with Gasteiger partial charge in [-0.25, -0.2) is 4.98 Å². The maximum absolute atomic E-state index is 11.1. The summed E-state index contributed by atoms with van der Waals surface area (Å²) in [5.74, 6) is 0.0629. The van der Waals surface area contributed by atoms with Crippen molar-refractivity contribution in [3.63, 3.8) is 0 Å². The molecule has 5 nitrogen and oxygen atoms in total. The average molecular weight is 459 g/mol. The fourth-order valence-electron chi connectivity index (χ4n) is 3.86. The van der Waals surface area contributed by atoms with E-state index in [1.807, 2.05) is 54.6 Å². The van der Waals surface area contributed by atoms with Gasteiger partial charge in [0, 0.05) is 23.5 Å². The second kappa shape index (κ2) is 11.2. The Morgan fingerprint density at radius 2 is 1.81 bits per heavy atom. The SMILES string of the molecule is Cl.O=C(O)CCN(c1nc(-c2ccc(OCc3ccccc3)cc2)cs1)C1CCCC1. The second-order valence-corrected chi connectivity index (χ2v) is 8.43. The van der Waals surface area contributed by atoms with Gasteiger partial charge in [0.15, 0.2) is 5.13 Å². The summed E-state index contributed by atoms with van der Waals surface area (Å²) in [5.41, 5.74) is 3.09. The first-order valence-corrected chi connectivity index (χ1v) is 11.3. The lowest BCUT2D eigenvalue weighted by Crippen LogP contribution is -2.35. The number of benzene rings is 2. The first-order valence-electron chi connectivity index (χ1n) is 10.4. The molecule has 0 spiro atoms. The molecular weight excluding hydrogens is 432 g/mol. The largest absolute Gasteiger partial charge is 0.489 e. The maximum atomic E-state index is 11.1. The molecule has 7 heteroatoms. The van der Waals surface area contributed by atoms with E-state index in [1.165, 1.54) is 12.8 Å². The summed E-state index contributed by atoms with van der Waals surface area (Å²) in [7, 11) is 0. The molecule has 0 bridgehead atoms. The Morgan fingerprint density at radius 3 is 2.48 bits per heavy atom. The zero-order valence-corrected chi connectivity index (χ0v) is 18.9. The zero-order chi connectivity index (χ0) is 20.8. The van der Waals surface area contributed by atoms with Gasteiger partial charge in [0.2, 0.25) is 0 Å². The van der Waals surface area contributed by atoms with Gasteiger partial charge in [-0.1, -0.05) is 43.2 Å². The van der Waals surface area contributed by atoms with Gasteiger partial charge in [0.05, 0.1) is 12.1 Å². The average Bonchev–Trinajstić information content (AvgIpc) is 3.47. The first-order chi connectivity index (χ1) is 14.7. The third-order valence-electron chi connectivity index (χ3n) is 5.47. The van der Waals surface area contributed by atoms with Crippen LogP contribution in [0.2, 0.25) is 0 Å². The van der Waals surface area contributed by atoms with E-state index in [0.717, 1.165) is 40.5 Å². The molecule has 1 aromatic heterocycles. The van der Waals surface area contributed by atoms with E-state index in [1.54, 1.807) is 11.3 Å². The molecule has 0 atom stereocenters. The molecule has 0 unspecified atom stereocenters. The highest BCUT2D eigenvalue weighted by atomic mass is 35.5. The lowest BCUT2D eigenvalue weighted by atomic mass is 10.1. The molecule has 164 valence electrons. The molecule has 0 radical (unpaired) electrons. The number of carboxylic acids is 1. The van der Waals surface area contributed by atoms with Crippen LogP contribution < -0.4 is 9.64 Å². The smallest absolute Gasteiger partial charge is 0.305 e. The Bertz CT molecular complexity index is 956. The number of aliphatic carboxylic acids is 1. The molecular formula is C24H27ClN2O3S. The van der Waals surface area contributed by atoms with Crippen molar-refractivity contribution < 1.29 is 14.6 Å². The summed E-state index contributed by atoms with van der Waals surface area (Å²) in [6.07, 6.45) is 4.77. The highest BCUT2D eigenvalue weighted by Crippen LogP contribution is 2.33. The van der Waals surface area contributed by atoms with Crippen molar-refractivity contribution in [1.82, 2.24) is 4.98 Å². The quantitative estimate of drug-likeness (QED) is 0.423. The van der Waals surface area contributed by atoms with Gasteiger partial charge in [0.25, 0.3) is 0 Å². The molecule has 3 aromatic rings. The van der Waals surface area contributed by atoms with E-state index in [0.29, 0.717) is 19.2 Å². The molecule has 1 fully saturated rings. The van der Waals surface area contributed by atoms with Crippen LogP contribution in [0.25, 0.3) is 11.3 Å². The van der Waals surface area contributed by atoms with E-state index >= 15 is 0 Å². The third kappa shape index (κ3) is 6.21. The fraction of sp³-hybridized carbons (Fsp3) is 0.333. The highest BCUT2D eigenvalue weighted by molar-refractivity contribution is 7.14. The molecule has 1 saturated carbocycles. The normalized spacial score (nSPS) is 13.5. The monoisotopic (exact) mass is 458 g/mol. The minimum atomic E-state index is -0.763. The van der Waals surface area contributed by atoms with Crippen LogP contribution in [0.3, 0.4) is 0 Å². The van der Waals surface area contributed by atoms with E-state index in [4.69, 9.17) is 14.8 Å².